The number of para-hydroxylation sites is 1. The minimum atomic E-state index is -0.883. The van der Waals surface area contributed by atoms with Crippen molar-refractivity contribution in [2.24, 2.45) is 0 Å². The van der Waals surface area contributed by atoms with Crippen molar-refractivity contribution in [2.75, 3.05) is 24.0 Å². The normalized spacial score (nSPS) is 11.7. The van der Waals surface area contributed by atoms with Gasteiger partial charge in [-0.1, -0.05) is 30.3 Å². The second-order valence-corrected chi connectivity index (χ2v) is 7.64. The van der Waals surface area contributed by atoms with Gasteiger partial charge in [-0.05, 0) is 30.3 Å². The van der Waals surface area contributed by atoms with Gasteiger partial charge in [0.05, 0.1) is 16.6 Å². The van der Waals surface area contributed by atoms with Crippen LogP contribution in [0.1, 0.15) is 20.8 Å². The van der Waals surface area contributed by atoms with Crippen LogP contribution in [-0.2, 0) is 9.53 Å². The summed E-state index contributed by atoms with van der Waals surface area (Å²) in [6.45, 7) is -0.521. The van der Waals surface area contributed by atoms with Crippen molar-refractivity contribution in [3.05, 3.63) is 88.3 Å². The fourth-order valence-electron chi connectivity index (χ4n) is 3.62. The minimum absolute atomic E-state index is 0.112. The molecule has 11 nitrogen and oxygen atoms in total. The number of fused-ring (bicyclic) bond motifs is 2. The Morgan fingerprint density at radius 2 is 1.67 bits per heavy atom. The number of amides is 2. The molecule has 2 amide bonds. The Balaban J connectivity index is 1.25. The molecule has 0 radical (unpaired) electrons. The van der Waals surface area contributed by atoms with Crippen LogP contribution in [0.4, 0.5) is 11.4 Å². The van der Waals surface area contributed by atoms with Gasteiger partial charge in [-0.2, -0.15) is 5.10 Å². The van der Waals surface area contributed by atoms with E-state index in [0.29, 0.717) is 22.6 Å². The number of anilines is 2. The average Bonchev–Trinajstić information content (AvgIpc) is 3.36. The molecule has 0 aliphatic carbocycles. The van der Waals surface area contributed by atoms with Crippen LogP contribution < -0.4 is 25.7 Å². The number of H-pyrrole nitrogens is 1. The van der Waals surface area contributed by atoms with E-state index < -0.39 is 29.9 Å². The molecule has 11 heteroatoms. The predicted molar refractivity (Wildman–Crippen MR) is 128 cm³/mol. The molecular formula is C25H18N4O7. The summed E-state index contributed by atoms with van der Waals surface area (Å²) in [5.74, 6) is -0.918. The van der Waals surface area contributed by atoms with Gasteiger partial charge in [0, 0.05) is 17.1 Å². The SMILES string of the molecule is O=C(COC(=O)c1n[nH]c(=O)c2ccccc12)Nc1ccccc1C(=O)Nc1ccc2c(c1)OCO2. The first kappa shape index (κ1) is 22.6. The van der Waals surface area contributed by atoms with Gasteiger partial charge in [-0.3, -0.25) is 14.4 Å². The molecule has 0 unspecified atom stereocenters. The van der Waals surface area contributed by atoms with Crippen molar-refractivity contribution < 1.29 is 28.6 Å². The summed E-state index contributed by atoms with van der Waals surface area (Å²) in [6, 6.07) is 17.8. The Kier molecular flexibility index (Phi) is 6.02. The first-order valence-corrected chi connectivity index (χ1v) is 10.7. The molecule has 0 saturated heterocycles. The number of carbonyl (C=O) groups excluding carboxylic acids is 3. The summed E-state index contributed by atoms with van der Waals surface area (Å²) >= 11 is 0. The summed E-state index contributed by atoms with van der Waals surface area (Å²) in [5, 5.41) is 11.9. The highest BCUT2D eigenvalue weighted by molar-refractivity contribution is 6.10. The predicted octanol–water partition coefficient (Wildman–Crippen LogP) is 2.70. The second-order valence-electron chi connectivity index (χ2n) is 7.64. The highest BCUT2D eigenvalue weighted by Gasteiger charge is 2.19. The van der Waals surface area contributed by atoms with Gasteiger partial charge in [0.25, 0.3) is 17.4 Å². The topological polar surface area (TPSA) is 149 Å². The molecule has 0 spiro atoms. The van der Waals surface area contributed by atoms with Gasteiger partial charge in [0.1, 0.15) is 0 Å². The molecule has 0 fully saturated rings. The lowest BCUT2D eigenvalue weighted by molar-refractivity contribution is -0.119. The second kappa shape index (κ2) is 9.58. The zero-order chi connectivity index (χ0) is 25.1. The number of benzene rings is 3. The van der Waals surface area contributed by atoms with E-state index in [1.165, 1.54) is 0 Å². The van der Waals surface area contributed by atoms with Crippen LogP contribution in [0.2, 0.25) is 0 Å². The monoisotopic (exact) mass is 486 g/mol. The Labute approximate surface area is 203 Å². The molecule has 1 aliphatic rings. The zero-order valence-corrected chi connectivity index (χ0v) is 18.6. The van der Waals surface area contributed by atoms with E-state index in [9.17, 15) is 19.2 Å². The number of aromatic nitrogens is 2. The summed E-state index contributed by atoms with van der Waals surface area (Å²) in [4.78, 5) is 49.8. The van der Waals surface area contributed by atoms with Crippen LogP contribution in [0.15, 0.2) is 71.5 Å². The van der Waals surface area contributed by atoms with Crippen LogP contribution in [0.5, 0.6) is 11.5 Å². The molecule has 5 rings (SSSR count). The van der Waals surface area contributed by atoms with Crippen LogP contribution in [0.3, 0.4) is 0 Å². The molecule has 3 N–H and O–H groups in total. The summed E-state index contributed by atoms with van der Waals surface area (Å²) in [7, 11) is 0. The van der Waals surface area contributed by atoms with Crippen molar-refractivity contribution >= 4 is 39.9 Å². The van der Waals surface area contributed by atoms with E-state index in [1.807, 2.05) is 0 Å². The average molecular weight is 486 g/mol. The van der Waals surface area contributed by atoms with Crippen LogP contribution in [0.25, 0.3) is 10.8 Å². The van der Waals surface area contributed by atoms with Crippen LogP contribution >= 0.6 is 0 Å². The Morgan fingerprint density at radius 1 is 0.917 bits per heavy atom. The van der Waals surface area contributed by atoms with E-state index >= 15 is 0 Å². The number of nitrogens with one attached hydrogen (secondary N) is 3. The van der Waals surface area contributed by atoms with Gasteiger partial charge >= 0.3 is 5.97 Å². The van der Waals surface area contributed by atoms with E-state index in [2.05, 4.69) is 20.8 Å². The van der Waals surface area contributed by atoms with Gasteiger partial charge < -0.3 is 24.8 Å². The third kappa shape index (κ3) is 4.57. The molecule has 0 saturated carbocycles. The van der Waals surface area contributed by atoms with E-state index in [0.717, 1.165) is 0 Å². The summed E-state index contributed by atoms with van der Waals surface area (Å²) < 4.78 is 15.7. The maximum absolute atomic E-state index is 12.9. The smallest absolute Gasteiger partial charge is 0.359 e. The lowest BCUT2D eigenvalue weighted by atomic mass is 10.1. The minimum Gasteiger partial charge on any atom is -0.454 e. The van der Waals surface area contributed by atoms with Crippen molar-refractivity contribution in [3.8, 4) is 11.5 Å². The van der Waals surface area contributed by atoms with E-state index in [-0.39, 0.29) is 29.1 Å². The van der Waals surface area contributed by atoms with Gasteiger partial charge in [-0.15, -0.1) is 0 Å². The molecule has 36 heavy (non-hydrogen) atoms. The van der Waals surface area contributed by atoms with E-state index in [4.69, 9.17) is 14.2 Å². The number of rotatable bonds is 6. The third-order valence-electron chi connectivity index (χ3n) is 5.30. The highest BCUT2D eigenvalue weighted by Crippen LogP contribution is 2.34. The third-order valence-corrected chi connectivity index (χ3v) is 5.30. The first-order valence-electron chi connectivity index (χ1n) is 10.7. The number of esters is 1. The zero-order valence-electron chi connectivity index (χ0n) is 18.6. The number of ether oxygens (including phenoxy) is 3. The quantitative estimate of drug-likeness (QED) is 0.352. The maximum atomic E-state index is 12.9. The van der Waals surface area contributed by atoms with E-state index in [1.54, 1.807) is 66.7 Å². The summed E-state index contributed by atoms with van der Waals surface area (Å²) in [6.07, 6.45) is 0. The lowest BCUT2D eigenvalue weighted by Crippen LogP contribution is -2.24. The number of hydrogen-bond acceptors (Lipinski definition) is 8. The molecule has 0 bridgehead atoms. The Bertz CT molecular complexity index is 1560. The fourth-order valence-corrected chi connectivity index (χ4v) is 3.62. The van der Waals surface area contributed by atoms with Gasteiger partial charge in [0.15, 0.2) is 23.8 Å². The van der Waals surface area contributed by atoms with Crippen molar-refractivity contribution in [1.82, 2.24) is 10.2 Å². The molecular weight excluding hydrogens is 468 g/mol. The van der Waals surface area contributed by atoms with Crippen LogP contribution in [0, 0.1) is 0 Å². The lowest BCUT2D eigenvalue weighted by Gasteiger charge is -2.12. The molecule has 2 heterocycles. The van der Waals surface area contributed by atoms with Crippen LogP contribution in [-0.4, -0.2) is 41.4 Å². The van der Waals surface area contributed by atoms with Crippen molar-refractivity contribution in [2.45, 2.75) is 0 Å². The Morgan fingerprint density at radius 3 is 2.53 bits per heavy atom. The molecule has 1 aromatic heterocycles. The highest BCUT2D eigenvalue weighted by atomic mass is 16.7. The number of nitrogens with zero attached hydrogens (tertiary/aromatic N) is 1. The molecule has 0 atom stereocenters. The molecule has 4 aromatic rings. The standard InChI is InChI=1S/C25H18N4O7/c30-21(12-34-25(33)22-15-5-1-2-6-16(15)24(32)29-28-22)27-18-8-4-3-7-17(18)23(31)26-14-9-10-19-20(11-14)36-13-35-19/h1-11H,12-13H2,(H,26,31)(H,27,30)(H,29,32). The van der Waals surface area contributed by atoms with Gasteiger partial charge in [0.2, 0.25) is 6.79 Å². The Hall–Kier alpha value is -5.19. The molecule has 1 aliphatic heterocycles. The molecule has 180 valence electrons. The van der Waals surface area contributed by atoms with Gasteiger partial charge in [-0.25, -0.2) is 9.89 Å². The van der Waals surface area contributed by atoms with Crippen molar-refractivity contribution in [1.29, 1.82) is 0 Å². The maximum Gasteiger partial charge on any atom is 0.359 e. The number of carbonyl (C=O) groups is 3. The molecule has 3 aromatic carbocycles. The number of aromatic amines is 1. The largest absolute Gasteiger partial charge is 0.454 e. The fraction of sp³-hybridized carbons (Fsp3) is 0.0800. The summed E-state index contributed by atoms with van der Waals surface area (Å²) in [5.41, 5.74) is 0.338. The van der Waals surface area contributed by atoms with Crippen molar-refractivity contribution in [3.63, 3.8) is 0 Å². The number of hydrogen-bond donors (Lipinski definition) is 3. The first-order chi connectivity index (χ1) is 17.5.